The number of fused-ring (bicyclic) bond motifs is 1. The van der Waals surface area contributed by atoms with Crippen LogP contribution in [0.25, 0.3) is 10.9 Å². The standard InChI is InChI=1S/C30H31N3O4/c1-30(15-6-16-37-30)20-31-29(35)27-18-23-17-24(32-28(34)22-9-12-25(36-2)13-10-22)11-14-26(23)33(27)19-21-7-4-3-5-8-21/h3-5,7-14,17-18H,6,15-16,19-20H2,1-2H3,(H,31,35)(H,32,34). The minimum Gasteiger partial charge on any atom is -0.497 e. The molecule has 2 heterocycles. The van der Waals surface area contributed by atoms with E-state index in [0.717, 1.165) is 35.9 Å². The van der Waals surface area contributed by atoms with Crippen molar-refractivity contribution >= 4 is 28.4 Å². The van der Waals surface area contributed by atoms with Crippen LogP contribution in [0.15, 0.2) is 78.9 Å². The van der Waals surface area contributed by atoms with E-state index in [2.05, 4.69) is 10.6 Å². The Kier molecular flexibility index (Phi) is 6.97. The van der Waals surface area contributed by atoms with Crippen molar-refractivity contribution in [2.75, 3.05) is 25.6 Å². The summed E-state index contributed by atoms with van der Waals surface area (Å²) >= 11 is 0. The highest BCUT2D eigenvalue weighted by molar-refractivity contribution is 6.06. The first-order valence-electron chi connectivity index (χ1n) is 12.5. The number of ether oxygens (including phenoxy) is 2. The zero-order chi connectivity index (χ0) is 25.8. The molecule has 1 aliphatic heterocycles. The van der Waals surface area contributed by atoms with Gasteiger partial charge >= 0.3 is 0 Å². The van der Waals surface area contributed by atoms with Crippen molar-refractivity contribution in [1.82, 2.24) is 9.88 Å². The Morgan fingerprint density at radius 1 is 1.00 bits per heavy atom. The predicted molar refractivity (Wildman–Crippen MR) is 144 cm³/mol. The molecule has 37 heavy (non-hydrogen) atoms. The van der Waals surface area contributed by atoms with Gasteiger partial charge < -0.3 is 24.7 Å². The molecule has 1 atom stereocenters. The number of methoxy groups -OCH3 is 1. The van der Waals surface area contributed by atoms with Crippen molar-refractivity contribution in [3.05, 3.63) is 95.7 Å². The van der Waals surface area contributed by atoms with Crippen molar-refractivity contribution in [3.8, 4) is 5.75 Å². The monoisotopic (exact) mass is 497 g/mol. The van der Waals surface area contributed by atoms with Gasteiger partial charge in [-0.05, 0) is 73.9 Å². The molecule has 0 aliphatic carbocycles. The summed E-state index contributed by atoms with van der Waals surface area (Å²) < 4.78 is 13.0. The lowest BCUT2D eigenvalue weighted by atomic mass is 10.0. The van der Waals surface area contributed by atoms with E-state index in [9.17, 15) is 9.59 Å². The number of aromatic nitrogens is 1. The van der Waals surface area contributed by atoms with Gasteiger partial charge in [0.15, 0.2) is 0 Å². The third-order valence-electron chi connectivity index (χ3n) is 6.85. The number of benzene rings is 3. The average Bonchev–Trinajstić information content (AvgIpc) is 3.51. The lowest BCUT2D eigenvalue weighted by Crippen LogP contribution is -2.40. The molecule has 5 rings (SSSR count). The molecule has 0 radical (unpaired) electrons. The Labute approximate surface area is 216 Å². The number of nitrogens with zero attached hydrogens (tertiary/aromatic N) is 1. The fourth-order valence-electron chi connectivity index (χ4n) is 4.75. The number of anilines is 1. The largest absolute Gasteiger partial charge is 0.497 e. The Morgan fingerprint density at radius 3 is 2.49 bits per heavy atom. The van der Waals surface area contributed by atoms with Crippen LogP contribution >= 0.6 is 0 Å². The molecular weight excluding hydrogens is 466 g/mol. The Balaban J connectivity index is 1.42. The van der Waals surface area contributed by atoms with Crippen LogP contribution in [0.1, 0.15) is 46.2 Å². The summed E-state index contributed by atoms with van der Waals surface area (Å²) in [5.74, 6) is 0.332. The highest BCUT2D eigenvalue weighted by atomic mass is 16.5. The van der Waals surface area contributed by atoms with E-state index in [1.54, 1.807) is 31.4 Å². The van der Waals surface area contributed by atoms with E-state index < -0.39 is 0 Å². The van der Waals surface area contributed by atoms with Crippen LogP contribution in [0.4, 0.5) is 5.69 Å². The highest BCUT2D eigenvalue weighted by Crippen LogP contribution is 2.27. The molecule has 1 aliphatic rings. The Hall–Kier alpha value is -4.10. The zero-order valence-electron chi connectivity index (χ0n) is 21.1. The van der Waals surface area contributed by atoms with Gasteiger partial charge in [0.1, 0.15) is 11.4 Å². The van der Waals surface area contributed by atoms with Crippen molar-refractivity contribution in [1.29, 1.82) is 0 Å². The normalized spacial score (nSPS) is 17.0. The van der Waals surface area contributed by atoms with Gasteiger partial charge in [0.2, 0.25) is 0 Å². The topological polar surface area (TPSA) is 81.6 Å². The maximum atomic E-state index is 13.4. The molecule has 0 saturated carbocycles. The quantitative estimate of drug-likeness (QED) is 0.348. The molecule has 190 valence electrons. The maximum absolute atomic E-state index is 13.4. The van der Waals surface area contributed by atoms with E-state index in [0.29, 0.717) is 35.8 Å². The smallest absolute Gasteiger partial charge is 0.268 e. The van der Waals surface area contributed by atoms with Gasteiger partial charge in [0, 0.05) is 41.9 Å². The fraction of sp³-hybridized carbons (Fsp3) is 0.267. The van der Waals surface area contributed by atoms with Gasteiger partial charge in [-0.15, -0.1) is 0 Å². The van der Waals surface area contributed by atoms with Crippen molar-refractivity contribution < 1.29 is 19.1 Å². The maximum Gasteiger partial charge on any atom is 0.268 e. The summed E-state index contributed by atoms with van der Waals surface area (Å²) in [5, 5.41) is 6.91. The number of carbonyl (C=O) groups excluding carboxylic acids is 2. The van der Waals surface area contributed by atoms with Crippen molar-refractivity contribution in [2.45, 2.75) is 31.9 Å². The minimum absolute atomic E-state index is 0.146. The molecule has 0 spiro atoms. The van der Waals surface area contributed by atoms with Crippen LogP contribution in [-0.4, -0.2) is 42.2 Å². The predicted octanol–water partition coefficient (Wildman–Crippen LogP) is 5.25. The molecule has 4 aromatic rings. The van der Waals surface area contributed by atoms with Crippen LogP contribution in [0, 0.1) is 0 Å². The second-order valence-corrected chi connectivity index (χ2v) is 9.64. The molecule has 2 amide bonds. The van der Waals surface area contributed by atoms with Gasteiger partial charge in [-0.3, -0.25) is 9.59 Å². The zero-order valence-corrected chi connectivity index (χ0v) is 21.1. The number of nitrogens with one attached hydrogen (secondary N) is 2. The number of rotatable bonds is 8. The van der Waals surface area contributed by atoms with Gasteiger partial charge in [0.05, 0.1) is 12.7 Å². The van der Waals surface area contributed by atoms with Crippen LogP contribution in [0.3, 0.4) is 0 Å². The number of amides is 2. The lowest BCUT2D eigenvalue weighted by Gasteiger charge is -2.23. The molecule has 0 bridgehead atoms. The number of hydrogen-bond donors (Lipinski definition) is 2. The molecule has 1 saturated heterocycles. The molecule has 2 N–H and O–H groups in total. The summed E-state index contributed by atoms with van der Waals surface area (Å²) in [4.78, 5) is 26.1. The SMILES string of the molecule is COc1ccc(C(=O)Nc2ccc3c(c2)cc(C(=O)NCC2(C)CCCO2)n3Cc2ccccc2)cc1. The van der Waals surface area contributed by atoms with Crippen molar-refractivity contribution in [2.24, 2.45) is 0 Å². The summed E-state index contributed by atoms with van der Waals surface area (Å²) in [6.07, 6.45) is 1.93. The van der Waals surface area contributed by atoms with E-state index >= 15 is 0 Å². The molecular formula is C30H31N3O4. The third kappa shape index (κ3) is 5.52. The average molecular weight is 498 g/mol. The number of hydrogen-bond acceptors (Lipinski definition) is 4. The fourth-order valence-corrected chi connectivity index (χ4v) is 4.75. The van der Waals surface area contributed by atoms with Crippen LogP contribution in [0.5, 0.6) is 5.75 Å². The molecule has 1 unspecified atom stereocenters. The third-order valence-corrected chi connectivity index (χ3v) is 6.85. The van der Waals surface area contributed by atoms with Gasteiger partial charge in [-0.25, -0.2) is 0 Å². The number of carbonyl (C=O) groups is 2. The summed E-state index contributed by atoms with van der Waals surface area (Å²) in [6, 6.07) is 24.6. The van der Waals surface area contributed by atoms with E-state index in [1.165, 1.54) is 0 Å². The molecule has 7 heteroatoms. The van der Waals surface area contributed by atoms with Crippen LogP contribution in [0.2, 0.25) is 0 Å². The summed E-state index contributed by atoms with van der Waals surface area (Å²) in [7, 11) is 1.59. The second kappa shape index (κ2) is 10.5. The van der Waals surface area contributed by atoms with E-state index in [1.807, 2.05) is 66.1 Å². The van der Waals surface area contributed by atoms with Crippen LogP contribution < -0.4 is 15.4 Å². The van der Waals surface area contributed by atoms with Gasteiger partial charge in [0.25, 0.3) is 11.8 Å². The minimum atomic E-state index is -0.329. The Morgan fingerprint density at radius 2 is 1.78 bits per heavy atom. The first-order valence-corrected chi connectivity index (χ1v) is 12.5. The first kappa shape index (κ1) is 24.6. The molecule has 1 aromatic heterocycles. The van der Waals surface area contributed by atoms with E-state index in [4.69, 9.17) is 9.47 Å². The molecule has 7 nitrogen and oxygen atoms in total. The van der Waals surface area contributed by atoms with Crippen LogP contribution in [-0.2, 0) is 11.3 Å². The second-order valence-electron chi connectivity index (χ2n) is 9.64. The van der Waals surface area contributed by atoms with E-state index in [-0.39, 0.29) is 17.4 Å². The highest BCUT2D eigenvalue weighted by Gasteiger charge is 2.30. The molecule has 3 aromatic carbocycles. The lowest BCUT2D eigenvalue weighted by molar-refractivity contribution is 0.0205. The first-order chi connectivity index (χ1) is 17.9. The summed E-state index contributed by atoms with van der Waals surface area (Å²) in [6.45, 7) is 3.78. The molecule has 1 fully saturated rings. The Bertz CT molecular complexity index is 1400. The van der Waals surface area contributed by atoms with Gasteiger partial charge in [-0.1, -0.05) is 30.3 Å². The summed E-state index contributed by atoms with van der Waals surface area (Å²) in [5.41, 5.74) is 3.44. The van der Waals surface area contributed by atoms with Gasteiger partial charge in [-0.2, -0.15) is 0 Å². The van der Waals surface area contributed by atoms with Crippen molar-refractivity contribution in [3.63, 3.8) is 0 Å².